The van der Waals surface area contributed by atoms with E-state index in [1.807, 2.05) is 26.8 Å². The summed E-state index contributed by atoms with van der Waals surface area (Å²) in [5, 5.41) is 11.5. The standard InChI is InChI=1S/C13H16N2O2/c1-9(2)15-13(16)8-17-12-6-11(7-14)5-4-10(12)3/h4-6,9H,8H2,1-3H3,(H,15,16). The molecule has 0 aliphatic rings. The van der Waals surface area contributed by atoms with E-state index in [1.54, 1.807) is 18.2 Å². The Morgan fingerprint density at radius 3 is 2.82 bits per heavy atom. The highest BCUT2D eigenvalue weighted by atomic mass is 16.5. The van der Waals surface area contributed by atoms with Crippen LogP contribution in [0.4, 0.5) is 0 Å². The summed E-state index contributed by atoms with van der Waals surface area (Å²) in [5.74, 6) is 0.407. The molecule has 4 nitrogen and oxygen atoms in total. The van der Waals surface area contributed by atoms with Gasteiger partial charge in [0.1, 0.15) is 5.75 Å². The molecule has 0 bridgehead atoms. The van der Waals surface area contributed by atoms with E-state index in [1.165, 1.54) is 0 Å². The number of nitriles is 1. The molecule has 0 atom stereocenters. The smallest absolute Gasteiger partial charge is 0.258 e. The SMILES string of the molecule is Cc1ccc(C#N)cc1OCC(=O)NC(C)C. The van der Waals surface area contributed by atoms with Gasteiger partial charge in [-0.2, -0.15) is 5.26 Å². The topological polar surface area (TPSA) is 62.1 Å². The quantitative estimate of drug-likeness (QED) is 0.860. The monoisotopic (exact) mass is 232 g/mol. The van der Waals surface area contributed by atoms with Crippen molar-refractivity contribution in [1.82, 2.24) is 5.32 Å². The maximum Gasteiger partial charge on any atom is 0.258 e. The zero-order valence-electron chi connectivity index (χ0n) is 10.3. The van der Waals surface area contributed by atoms with E-state index in [0.717, 1.165) is 5.56 Å². The third kappa shape index (κ3) is 4.15. The van der Waals surface area contributed by atoms with Crippen molar-refractivity contribution in [2.45, 2.75) is 26.8 Å². The number of aryl methyl sites for hydroxylation is 1. The van der Waals surface area contributed by atoms with Gasteiger partial charge in [0, 0.05) is 6.04 Å². The van der Waals surface area contributed by atoms with E-state index in [2.05, 4.69) is 5.32 Å². The third-order valence-corrected chi connectivity index (χ3v) is 2.13. The molecule has 0 saturated heterocycles. The summed E-state index contributed by atoms with van der Waals surface area (Å²) in [6.07, 6.45) is 0. The van der Waals surface area contributed by atoms with Crippen molar-refractivity contribution in [1.29, 1.82) is 5.26 Å². The van der Waals surface area contributed by atoms with E-state index in [-0.39, 0.29) is 18.6 Å². The molecule has 0 unspecified atom stereocenters. The van der Waals surface area contributed by atoms with Crippen LogP contribution in [0.5, 0.6) is 5.75 Å². The Morgan fingerprint density at radius 2 is 2.24 bits per heavy atom. The van der Waals surface area contributed by atoms with E-state index < -0.39 is 0 Å². The first kappa shape index (κ1) is 13.0. The van der Waals surface area contributed by atoms with Crippen LogP contribution in [0.25, 0.3) is 0 Å². The van der Waals surface area contributed by atoms with Gasteiger partial charge in [-0.3, -0.25) is 4.79 Å². The highest BCUT2D eigenvalue weighted by molar-refractivity contribution is 5.77. The number of carbonyl (C=O) groups is 1. The molecule has 0 aliphatic heterocycles. The van der Waals surface area contributed by atoms with E-state index in [4.69, 9.17) is 10.00 Å². The van der Waals surface area contributed by atoms with Crippen LogP contribution in [0.1, 0.15) is 25.0 Å². The summed E-state index contributed by atoms with van der Waals surface area (Å²) in [7, 11) is 0. The lowest BCUT2D eigenvalue weighted by atomic mass is 10.1. The Hall–Kier alpha value is -2.02. The van der Waals surface area contributed by atoms with Crippen LogP contribution in [0, 0.1) is 18.3 Å². The van der Waals surface area contributed by atoms with Crippen LogP contribution in [0.2, 0.25) is 0 Å². The van der Waals surface area contributed by atoms with E-state index in [9.17, 15) is 4.79 Å². The molecule has 0 aromatic heterocycles. The average Bonchev–Trinajstić information content (AvgIpc) is 2.27. The van der Waals surface area contributed by atoms with Gasteiger partial charge in [-0.15, -0.1) is 0 Å². The molecular weight excluding hydrogens is 216 g/mol. The van der Waals surface area contributed by atoms with Gasteiger partial charge in [0.25, 0.3) is 5.91 Å². The fraction of sp³-hybridized carbons (Fsp3) is 0.385. The minimum atomic E-state index is -0.165. The molecule has 0 spiro atoms. The van der Waals surface area contributed by atoms with Gasteiger partial charge in [0.15, 0.2) is 6.61 Å². The third-order valence-electron chi connectivity index (χ3n) is 2.13. The Balaban J connectivity index is 2.63. The Morgan fingerprint density at radius 1 is 1.53 bits per heavy atom. The molecule has 1 aromatic carbocycles. The van der Waals surface area contributed by atoms with Crippen LogP contribution in [-0.2, 0) is 4.79 Å². The molecule has 0 radical (unpaired) electrons. The van der Waals surface area contributed by atoms with Gasteiger partial charge in [0.2, 0.25) is 0 Å². The van der Waals surface area contributed by atoms with Gasteiger partial charge >= 0.3 is 0 Å². The maximum absolute atomic E-state index is 11.4. The minimum absolute atomic E-state index is 0.0338. The van der Waals surface area contributed by atoms with Crippen molar-refractivity contribution in [3.63, 3.8) is 0 Å². The molecule has 0 fully saturated rings. The number of hydrogen-bond acceptors (Lipinski definition) is 3. The zero-order chi connectivity index (χ0) is 12.8. The van der Waals surface area contributed by atoms with Crippen LogP contribution < -0.4 is 10.1 Å². The molecule has 1 N–H and O–H groups in total. The van der Waals surface area contributed by atoms with Crippen LogP contribution in [0.3, 0.4) is 0 Å². The van der Waals surface area contributed by atoms with Crippen molar-refractivity contribution in [2.75, 3.05) is 6.61 Å². The minimum Gasteiger partial charge on any atom is -0.483 e. The first-order valence-electron chi connectivity index (χ1n) is 5.46. The van der Waals surface area contributed by atoms with Crippen molar-refractivity contribution < 1.29 is 9.53 Å². The van der Waals surface area contributed by atoms with Gasteiger partial charge in [-0.1, -0.05) is 6.07 Å². The number of ether oxygens (including phenoxy) is 1. The van der Waals surface area contributed by atoms with Crippen LogP contribution in [-0.4, -0.2) is 18.6 Å². The Bertz CT molecular complexity index is 447. The predicted molar refractivity (Wildman–Crippen MR) is 64.7 cm³/mol. The first-order chi connectivity index (χ1) is 8.02. The molecule has 1 amide bonds. The van der Waals surface area contributed by atoms with Crippen molar-refractivity contribution in [2.24, 2.45) is 0 Å². The zero-order valence-corrected chi connectivity index (χ0v) is 10.3. The summed E-state index contributed by atoms with van der Waals surface area (Å²) < 4.78 is 5.38. The van der Waals surface area contributed by atoms with Crippen molar-refractivity contribution in [3.8, 4) is 11.8 Å². The van der Waals surface area contributed by atoms with Gasteiger partial charge < -0.3 is 10.1 Å². The maximum atomic E-state index is 11.4. The molecule has 1 aromatic rings. The van der Waals surface area contributed by atoms with Crippen LogP contribution >= 0.6 is 0 Å². The molecule has 1 rings (SSSR count). The lowest BCUT2D eigenvalue weighted by molar-refractivity contribution is -0.123. The normalized spacial score (nSPS) is 9.82. The lowest BCUT2D eigenvalue weighted by Gasteiger charge is -2.11. The van der Waals surface area contributed by atoms with Crippen molar-refractivity contribution >= 4 is 5.91 Å². The fourth-order valence-corrected chi connectivity index (χ4v) is 1.33. The summed E-state index contributed by atoms with van der Waals surface area (Å²) in [4.78, 5) is 11.4. The fourth-order valence-electron chi connectivity index (χ4n) is 1.33. The summed E-state index contributed by atoms with van der Waals surface area (Å²) >= 11 is 0. The van der Waals surface area contributed by atoms with E-state index in [0.29, 0.717) is 11.3 Å². The number of carbonyl (C=O) groups excluding carboxylic acids is 1. The largest absolute Gasteiger partial charge is 0.483 e. The lowest BCUT2D eigenvalue weighted by Crippen LogP contribution is -2.34. The summed E-state index contributed by atoms with van der Waals surface area (Å²) in [5.41, 5.74) is 1.43. The molecule has 17 heavy (non-hydrogen) atoms. The number of hydrogen-bond donors (Lipinski definition) is 1. The van der Waals surface area contributed by atoms with Gasteiger partial charge in [0.05, 0.1) is 11.6 Å². The van der Waals surface area contributed by atoms with Crippen molar-refractivity contribution in [3.05, 3.63) is 29.3 Å². The number of benzene rings is 1. The van der Waals surface area contributed by atoms with Gasteiger partial charge in [-0.05, 0) is 38.5 Å². The summed E-state index contributed by atoms with van der Waals surface area (Å²) in [6.45, 7) is 5.61. The molecule has 0 aliphatic carbocycles. The predicted octanol–water partition coefficient (Wildman–Crippen LogP) is 1.77. The summed E-state index contributed by atoms with van der Waals surface area (Å²) in [6, 6.07) is 7.28. The Labute approximate surface area is 101 Å². The first-order valence-corrected chi connectivity index (χ1v) is 5.46. The molecule has 90 valence electrons. The molecule has 0 heterocycles. The second-order valence-corrected chi connectivity index (χ2v) is 4.10. The molecule has 4 heteroatoms. The van der Waals surface area contributed by atoms with Gasteiger partial charge in [-0.25, -0.2) is 0 Å². The number of nitrogens with one attached hydrogen (secondary N) is 1. The highest BCUT2D eigenvalue weighted by Gasteiger charge is 2.06. The second kappa shape index (κ2) is 5.90. The number of amides is 1. The number of nitrogens with zero attached hydrogens (tertiary/aromatic N) is 1. The van der Waals surface area contributed by atoms with E-state index >= 15 is 0 Å². The molecular formula is C13H16N2O2. The molecule has 0 saturated carbocycles. The Kier molecular flexibility index (Phi) is 4.53. The second-order valence-electron chi connectivity index (χ2n) is 4.10. The average molecular weight is 232 g/mol. The number of rotatable bonds is 4. The highest BCUT2D eigenvalue weighted by Crippen LogP contribution is 2.18. The van der Waals surface area contributed by atoms with Crippen LogP contribution in [0.15, 0.2) is 18.2 Å².